The van der Waals surface area contributed by atoms with Crippen molar-refractivity contribution in [3.05, 3.63) is 29.8 Å². The average molecular weight is 293 g/mol. The third kappa shape index (κ3) is 5.37. The fourth-order valence-corrected chi connectivity index (χ4v) is 3.05. The second kappa shape index (κ2) is 8.58. The van der Waals surface area contributed by atoms with Gasteiger partial charge in [-0.15, -0.1) is 0 Å². The van der Waals surface area contributed by atoms with Gasteiger partial charge in [0, 0.05) is 6.04 Å². The van der Waals surface area contributed by atoms with Crippen LogP contribution in [0.25, 0.3) is 0 Å². The summed E-state index contributed by atoms with van der Waals surface area (Å²) in [4.78, 5) is 0. The molecule has 1 atom stereocenters. The molecule has 112 valence electrons. The zero-order valence-electron chi connectivity index (χ0n) is 12.7. The van der Waals surface area contributed by atoms with Gasteiger partial charge < -0.3 is 10.1 Å². The van der Waals surface area contributed by atoms with Crippen LogP contribution >= 0.6 is 11.8 Å². The Kier molecular flexibility index (Phi) is 6.74. The number of thioether (sulfide) groups is 1. The lowest BCUT2D eigenvalue weighted by molar-refractivity contribution is 0.394. The normalized spacial score (nSPS) is 16.1. The second-order valence-electron chi connectivity index (χ2n) is 5.70. The number of hydrogen-bond acceptors (Lipinski definition) is 3. The Morgan fingerprint density at radius 3 is 2.85 bits per heavy atom. The van der Waals surface area contributed by atoms with Crippen molar-refractivity contribution in [2.75, 3.05) is 25.7 Å². The van der Waals surface area contributed by atoms with E-state index in [2.05, 4.69) is 29.8 Å². The summed E-state index contributed by atoms with van der Waals surface area (Å²) in [5.74, 6) is 3.03. The largest absolute Gasteiger partial charge is 0.496 e. The summed E-state index contributed by atoms with van der Waals surface area (Å²) in [6.07, 6.45) is 8.67. The third-order valence-electron chi connectivity index (χ3n) is 3.93. The van der Waals surface area contributed by atoms with E-state index in [0.29, 0.717) is 0 Å². The summed E-state index contributed by atoms with van der Waals surface area (Å²) >= 11 is 1.95. The molecule has 20 heavy (non-hydrogen) atoms. The van der Waals surface area contributed by atoms with Gasteiger partial charge in [-0.1, -0.05) is 18.2 Å². The Morgan fingerprint density at radius 1 is 1.35 bits per heavy atom. The first kappa shape index (κ1) is 15.7. The number of para-hydroxylation sites is 1. The summed E-state index contributed by atoms with van der Waals surface area (Å²) < 4.78 is 5.49. The molecular weight excluding hydrogens is 266 g/mol. The highest BCUT2D eigenvalue weighted by Gasteiger charge is 2.22. The van der Waals surface area contributed by atoms with Crippen molar-refractivity contribution in [2.24, 2.45) is 5.92 Å². The first-order valence-corrected chi connectivity index (χ1v) is 9.07. The van der Waals surface area contributed by atoms with Crippen LogP contribution in [-0.2, 0) is 6.42 Å². The Balaban J connectivity index is 1.89. The number of rotatable bonds is 10. The van der Waals surface area contributed by atoms with Gasteiger partial charge in [-0.05, 0) is 68.2 Å². The second-order valence-corrected chi connectivity index (χ2v) is 6.69. The van der Waals surface area contributed by atoms with Gasteiger partial charge >= 0.3 is 0 Å². The topological polar surface area (TPSA) is 21.3 Å². The van der Waals surface area contributed by atoms with Crippen LogP contribution in [0.5, 0.6) is 5.75 Å². The first-order chi connectivity index (χ1) is 9.83. The highest BCUT2D eigenvalue weighted by atomic mass is 32.2. The number of benzene rings is 1. The van der Waals surface area contributed by atoms with Gasteiger partial charge in [-0.25, -0.2) is 0 Å². The molecule has 0 spiro atoms. The lowest BCUT2D eigenvalue weighted by atomic mass is 9.94. The maximum atomic E-state index is 5.49. The zero-order chi connectivity index (χ0) is 14.2. The Hall–Kier alpha value is -0.670. The molecule has 0 amide bonds. The fraction of sp³-hybridized carbons (Fsp3) is 0.647. The molecule has 1 aromatic rings. The lowest BCUT2D eigenvalue weighted by Crippen LogP contribution is -2.26. The van der Waals surface area contributed by atoms with Crippen LogP contribution in [0, 0.1) is 5.92 Å². The molecule has 2 rings (SSSR count). The summed E-state index contributed by atoms with van der Waals surface area (Å²) in [6.45, 7) is 1.15. The van der Waals surface area contributed by atoms with E-state index in [1.165, 1.54) is 37.0 Å². The molecule has 1 saturated carbocycles. The van der Waals surface area contributed by atoms with E-state index in [1.807, 2.05) is 17.8 Å². The van der Waals surface area contributed by atoms with Crippen LogP contribution < -0.4 is 10.1 Å². The summed E-state index contributed by atoms with van der Waals surface area (Å²) in [7, 11) is 1.77. The van der Waals surface area contributed by atoms with Crippen molar-refractivity contribution in [2.45, 2.75) is 38.1 Å². The molecule has 1 N–H and O–H groups in total. The van der Waals surface area contributed by atoms with E-state index in [0.717, 1.165) is 30.7 Å². The minimum Gasteiger partial charge on any atom is -0.496 e. The molecule has 0 radical (unpaired) electrons. The Labute approximate surface area is 127 Å². The molecule has 1 unspecified atom stereocenters. The molecule has 1 aliphatic carbocycles. The molecule has 0 aliphatic heterocycles. The number of nitrogens with one attached hydrogen (secondary N) is 1. The van der Waals surface area contributed by atoms with Crippen LogP contribution in [0.1, 0.15) is 31.2 Å². The Bertz CT molecular complexity index is 392. The predicted octanol–water partition coefficient (Wildman–Crippen LogP) is 3.75. The molecule has 2 nitrogen and oxygen atoms in total. The SMILES string of the molecule is COc1ccccc1CC(CCCSC)CNC1CC1. The van der Waals surface area contributed by atoms with Gasteiger partial charge in [-0.2, -0.15) is 11.8 Å². The molecule has 0 bridgehead atoms. The minimum absolute atomic E-state index is 0.721. The molecule has 0 heterocycles. The predicted molar refractivity (Wildman–Crippen MR) is 88.8 cm³/mol. The van der Waals surface area contributed by atoms with E-state index in [4.69, 9.17) is 4.74 Å². The van der Waals surface area contributed by atoms with Crippen LogP contribution in [0.3, 0.4) is 0 Å². The Morgan fingerprint density at radius 2 is 2.15 bits per heavy atom. The van der Waals surface area contributed by atoms with Crippen LogP contribution in [0.4, 0.5) is 0 Å². The molecule has 0 aromatic heterocycles. The highest BCUT2D eigenvalue weighted by molar-refractivity contribution is 7.98. The van der Waals surface area contributed by atoms with Crippen molar-refractivity contribution < 1.29 is 4.74 Å². The third-order valence-corrected chi connectivity index (χ3v) is 4.63. The maximum Gasteiger partial charge on any atom is 0.122 e. The summed E-state index contributed by atoms with van der Waals surface area (Å²) in [5, 5.41) is 3.69. The number of ether oxygens (including phenoxy) is 1. The quantitative estimate of drug-likeness (QED) is 0.664. The van der Waals surface area contributed by atoms with Gasteiger partial charge in [0.05, 0.1) is 7.11 Å². The molecule has 0 saturated heterocycles. The minimum atomic E-state index is 0.721. The monoisotopic (exact) mass is 293 g/mol. The molecule has 3 heteroatoms. The van der Waals surface area contributed by atoms with Crippen molar-refractivity contribution >= 4 is 11.8 Å². The molecular formula is C17H27NOS. The van der Waals surface area contributed by atoms with Crippen molar-refractivity contribution in [1.29, 1.82) is 0 Å². The lowest BCUT2D eigenvalue weighted by Gasteiger charge is -2.19. The summed E-state index contributed by atoms with van der Waals surface area (Å²) in [5.41, 5.74) is 1.35. The number of hydrogen-bond donors (Lipinski definition) is 1. The smallest absolute Gasteiger partial charge is 0.122 e. The van der Waals surface area contributed by atoms with E-state index < -0.39 is 0 Å². The maximum absolute atomic E-state index is 5.49. The number of methoxy groups -OCH3 is 1. The van der Waals surface area contributed by atoms with E-state index in [1.54, 1.807) is 7.11 Å². The first-order valence-electron chi connectivity index (χ1n) is 7.67. The zero-order valence-corrected chi connectivity index (χ0v) is 13.5. The molecule has 1 aromatic carbocycles. The molecule has 1 fully saturated rings. The standard InChI is InChI=1S/C17H27NOS/c1-19-17-8-4-3-7-15(17)12-14(6-5-11-20-2)13-18-16-9-10-16/h3-4,7-8,14,16,18H,5-6,9-13H2,1-2H3. The average Bonchev–Trinajstić information content (AvgIpc) is 3.29. The van der Waals surface area contributed by atoms with Gasteiger partial charge in [-0.3, -0.25) is 0 Å². The van der Waals surface area contributed by atoms with Crippen molar-refractivity contribution in [3.63, 3.8) is 0 Å². The fourth-order valence-electron chi connectivity index (χ4n) is 2.60. The van der Waals surface area contributed by atoms with Crippen LogP contribution in [-0.4, -0.2) is 31.7 Å². The highest BCUT2D eigenvalue weighted by Crippen LogP contribution is 2.25. The van der Waals surface area contributed by atoms with Gasteiger partial charge in [0.15, 0.2) is 0 Å². The molecule has 1 aliphatic rings. The van der Waals surface area contributed by atoms with Crippen molar-refractivity contribution in [3.8, 4) is 5.75 Å². The van der Waals surface area contributed by atoms with E-state index in [9.17, 15) is 0 Å². The van der Waals surface area contributed by atoms with Crippen LogP contribution in [0.2, 0.25) is 0 Å². The van der Waals surface area contributed by atoms with Gasteiger partial charge in [0.2, 0.25) is 0 Å². The van der Waals surface area contributed by atoms with E-state index >= 15 is 0 Å². The van der Waals surface area contributed by atoms with E-state index in [-0.39, 0.29) is 0 Å². The van der Waals surface area contributed by atoms with Gasteiger partial charge in [0.1, 0.15) is 5.75 Å². The summed E-state index contributed by atoms with van der Waals surface area (Å²) in [6, 6.07) is 9.24. The van der Waals surface area contributed by atoms with Crippen molar-refractivity contribution in [1.82, 2.24) is 5.32 Å². The van der Waals surface area contributed by atoms with Crippen LogP contribution in [0.15, 0.2) is 24.3 Å². The van der Waals surface area contributed by atoms with Gasteiger partial charge in [0.25, 0.3) is 0 Å².